The van der Waals surface area contributed by atoms with Crippen molar-refractivity contribution in [1.82, 2.24) is 5.32 Å². The summed E-state index contributed by atoms with van der Waals surface area (Å²) < 4.78 is 0. The van der Waals surface area contributed by atoms with E-state index in [9.17, 15) is 9.90 Å². The molecule has 0 fully saturated rings. The van der Waals surface area contributed by atoms with E-state index in [1.807, 2.05) is 13.0 Å². The zero-order valence-corrected chi connectivity index (χ0v) is 11.1. The Morgan fingerprint density at radius 3 is 2.62 bits per heavy atom. The Bertz CT molecular complexity index is 377. The van der Waals surface area contributed by atoms with E-state index in [2.05, 4.69) is 12.2 Å². The predicted octanol–water partition coefficient (Wildman–Crippen LogP) is 2.12. The highest BCUT2D eigenvalue weighted by Gasteiger charge is 2.16. The number of aliphatic hydroxyl groups is 1. The second kappa shape index (κ2) is 4.97. The van der Waals surface area contributed by atoms with Crippen molar-refractivity contribution in [3.05, 3.63) is 21.4 Å². The molecule has 0 radical (unpaired) electrons. The first kappa shape index (κ1) is 13.2. The Labute approximate surface area is 100 Å². The fourth-order valence-corrected chi connectivity index (χ4v) is 2.40. The smallest absolute Gasteiger partial charge is 0.261 e. The third-order valence-electron chi connectivity index (χ3n) is 2.31. The fourth-order valence-electron chi connectivity index (χ4n) is 1.37. The number of amides is 1. The maximum Gasteiger partial charge on any atom is 0.261 e. The Morgan fingerprint density at radius 1 is 1.56 bits per heavy atom. The van der Waals surface area contributed by atoms with Crippen molar-refractivity contribution >= 4 is 17.2 Å². The highest BCUT2D eigenvalue weighted by Crippen LogP contribution is 2.21. The minimum absolute atomic E-state index is 0.102. The number of thiophene rings is 1. The van der Waals surface area contributed by atoms with E-state index < -0.39 is 5.60 Å². The number of carbonyl (C=O) groups is 1. The summed E-state index contributed by atoms with van der Waals surface area (Å²) in [4.78, 5) is 13.7. The number of aryl methyl sites for hydroxylation is 2. The molecule has 3 nitrogen and oxygen atoms in total. The van der Waals surface area contributed by atoms with Gasteiger partial charge in [0.25, 0.3) is 5.91 Å². The van der Waals surface area contributed by atoms with Gasteiger partial charge in [-0.25, -0.2) is 0 Å². The Kier molecular flexibility index (Phi) is 4.10. The molecule has 0 atom stereocenters. The molecule has 2 N–H and O–H groups in total. The zero-order chi connectivity index (χ0) is 12.3. The van der Waals surface area contributed by atoms with Crippen molar-refractivity contribution in [1.29, 1.82) is 0 Å². The van der Waals surface area contributed by atoms with Gasteiger partial charge in [0, 0.05) is 11.4 Å². The van der Waals surface area contributed by atoms with Gasteiger partial charge in [-0.3, -0.25) is 4.79 Å². The van der Waals surface area contributed by atoms with Crippen molar-refractivity contribution in [3.8, 4) is 0 Å². The molecule has 0 saturated heterocycles. The fraction of sp³-hybridized carbons (Fsp3) is 0.583. The number of nitrogens with one attached hydrogen (secondary N) is 1. The molecular formula is C12H19NO2S. The Hall–Kier alpha value is -0.870. The predicted molar refractivity (Wildman–Crippen MR) is 67.1 cm³/mol. The second-order valence-electron chi connectivity index (χ2n) is 4.54. The van der Waals surface area contributed by atoms with E-state index >= 15 is 0 Å². The van der Waals surface area contributed by atoms with Gasteiger partial charge in [-0.15, -0.1) is 11.3 Å². The van der Waals surface area contributed by atoms with Crippen molar-refractivity contribution in [2.24, 2.45) is 0 Å². The minimum atomic E-state index is -0.866. The summed E-state index contributed by atoms with van der Waals surface area (Å²) in [6.45, 7) is 7.71. The molecule has 90 valence electrons. The van der Waals surface area contributed by atoms with E-state index in [4.69, 9.17) is 0 Å². The first-order chi connectivity index (χ1) is 7.33. The van der Waals surface area contributed by atoms with Crippen molar-refractivity contribution in [2.75, 3.05) is 6.54 Å². The molecule has 0 bridgehead atoms. The van der Waals surface area contributed by atoms with Crippen LogP contribution in [0.4, 0.5) is 0 Å². The van der Waals surface area contributed by atoms with Crippen LogP contribution < -0.4 is 5.32 Å². The van der Waals surface area contributed by atoms with Gasteiger partial charge in [0.2, 0.25) is 0 Å². The largest absolute Gasteiger partial charge is 0.389 e. The van der Waals surface area contributed by atoms with Crippen LogP contribution in [0.5, 0.6) is 0 Å². The third-order valence-corrected chi connectivity index (χ3v) is 3.40. The molecule has 1 aromatic rings. The lowest BCUT2D eigenvalue weighted by molar-refractivity contribution is 0.0696. The number of hydrogen-bond acceptors (Lipinski definition) is 3. The van der Waals surface area contributed by atoms with E-state index in [-0.39, 0.29) is 12.5 Å². The lowest BCUT2D eigenvalue weighted by Gasteiger charge is -2.17. The van der Waals surface area contributed by atoms with Gasteiger partial charge in [0.15, 0.2) is 0 Å². The topological polar surface area (TPSA) is 49.3 Å². The summed E-state index contributed by atoms with van der Waals surface area (Å²) in [7, 11) is 0. The van der Waals surface area contributed by atoms with Gasteiger partial charge < -0.3 is 10.4 Å². The van der Waals surface area contributed by atoms with Crippen molar-refractivity contribution < 1.29 is 9.90 Å². The highest BCUT2D eigenvalue weighted by molar-refractivity contribution is 7.14. The van der Waals surface area contributed by atoms with E-state index in [0.29, 0.717) is 0 Å². The van der Waals surface area contributed by atoms with Crippen LogP contribution in [0.1, 0.15) is 40.9 Å². The van der Waals surface area contributed by atoms with Gasteiger partial charge in [0.05, 0.1) is 10.5 Å². The van der Waals surface area contributed by atoms with Crippen LogP contribution in [0.3, 0.4) is 0 Å². The molecule has 0 saturated carbocycles. The molecule has 4 heteroatoms. The summed E-state index contributed by atoms with van der Waals surface area (Å²) in [5.74, 6) is -0.102. The van der Waals surface area contributed by atoms with Gasteiger partial charge in [-0.2, -0.15) is 0 Å². The first-order valence-corrected chi connectivity index (χ1v) is 6.25. The molecular weight excluding hydrogens is 222 g/mol. The zero-order valence-electron chi connectivity index (χ0n) is 10.3. The average Bonchev–Trinajstić information content (AvgIpc) is 2.55. The molecule has 0 spiro atoms. The lowest BCUT2D eigenvalue weighted by Crippen LogP contribution is -2.37. The van der Waals surface area contributed by atoms with Crippen LogP contribution in [0.15, 0.2) is 6.07 Å². The summed E-state index contributed by atoms with van der Waals surface area (Å²) in [6, 6.07) is 1.93. The van der Waals surface area contributed by atoms with Crippen LogP contribution >= 0.6 is 11.3 Å². The molecule has 0 aromatic carbocycles. The van der Waals surface area contributed by atoms with Gasteiger partial charge in [0.1, 0.15) is 0 Å². The second-order valence-corrected chi connectivity index (χ2v) is 5.80. The maximum absolute atomic E-state index is 11.8. The number of hydrogen-bond donors (Lipinski definition) is 2. The van der Waals surface area contributed by atoms with Crippen LogP contribution in [0, 0.1) is 6.92 Å². The van der Waals surface area contributed by atoms with Crippen LogP contribution in [0.25, 0.3) is 0 Å². The van der Waals surface area contributed by atoms with Crippen molar-refractivity contribution in [2.45, 2.75) is 39.7 Å². The first-order valence-electron chi connectivity index (χ1n) is 5.43. The highest BCUT2D eigenvalue weighted by atomic mass is 32.1. The number of rotatable bonds is 4. The van der Waals surface area contributed by atoms with Crippen LogP contribution in [-0.2, 0) is 6.42 Å². The average molecular weight is 241 g/mol. The molecule has 1 heterocycles. The van der Waals surface area contributed by atoms with Gasteiger partial charge in [-0.1, -0.05) is 6.92 Å². The van der Waals surface area contributed by atoms with Gasteiger partial charge in [-0.05, 0) is 38.8 Å². The monoisotopic (exact) mass is 241 g/mol. The lowest BCUT2D eigenvalue weighted by atomic mass is 10.1. The van der Waals surface area contributed by atoms with Crippen LogP contribution in [0.2, 0.25) is 0 Å². The SMILES string of the molecule is CCc1cc(C(=O)NCC(C)(C)O)sc1C. The van der Waals surface area contributed by atoms with E-state index in [1.165, 1.54) is 21.8 Å². The summed E-state index contributed by atoms with van der Waals surface area (Å²) >= 11 is 1.50. The van der Waals surface area contributed by atoms with Crippen molar-refractivity contribution in [3.63, 3.8) is 0 Å². The van der Waals surface area contributed by atoms with E-state index in [1.54, 1.807) is 13.8 Å². The van der Waals surface area contributed by atoms with Gasteiger partial charge >= 0.3 is 0 Å². The molecule has 1 amide bonds. The Morgan fingerprint density at radius 2 is 2.19 bits per heavy atom. The normalized spacial score (nSPS) is 11.6. The number of carbonyl (C=O) groups excluding carboxylic acids is 1. The minimum Gasteiger partial charge on any atom is -0.389 e. The third kappa shape index (κ3) is 3.61. The molecule has 16 heavy (non-hydrogen) atoms. The van der Waals surface area contributed by atoms with Crippen LogP contribution in [-0.4, -0.2) is 23.2 Å². The molecule has 0 unspecified atom stereocenters. The quantitative estimate of drug-likeness (QED) is 0.848. The van der Waals surface area contributed by atoms with E-state index in [0.717, 1.165) is 11.3 Å². The molecule has 0 aliphatic heterocycles. The molecule has 1 aromatic heterocycles. The Balaban J connectivity index is 2.66. The summed E-state index contributed by atoms with van der Waals surface area (Å²) in [6.07, 6.45) is 0.946. The molecule has 0 aliphatic carbocycles. The molecule has 0 aliphatic rings. The molecule has 1 rings (SSSR count). The standard InChI is InChI=1S/C12H19NO2S/c1-5-9-6-10(16-8(9)2)11(14)13-7-12(3,4)15/h6,15H,5,7H2,1-4H3,(H,13,14). The summed E-state index contributed by atoms with van der Waals surface area (Å²) in [5.41, 5.74) is 0.355. The summed E-state index contributed by atoms with van der Waals surface area (Å²) in [5, 5.41) is 12.2. The maximum atomic E-state index is 11.8.